The molecular formula is C24H25ClN4O. The molecule has 30 heavy (non-hydrogen) atoms. The topological polar surface area (TPSA) is 49.3 Å². The molecule has 1 saturated heterocycles. The summed E-state index contributed by atoms with van der Waals surface area (Å²) in [6, 6.07) is 16.0. The van der Waals surface area contributed by atoms with E-state index in [1.807, 2.05) is 48.2 Å². The third-order valence-electron chi connectivity index (χ3n) is 5.54. The van der Waals surface area contributed by atoms with Gasteiger partial charge in [0.2, 0.25) is 0 Å². The van der Waals surface area contributed by atoms with E-state index in [0.29, 0.717) is 25.1 Å². The fourth-order valence-corrected chi connectivity index (χ4v) is 4.00. The van der Waals surface area contributed by atoms with E-state index in [9.17, 15) is 4.79 Å². The minimum atomic E-state index is 0.00114. The number of amides is 1. The summed E-state index contributed by atoms with van der Waals surface area (Å²) in [4.78, 5) is 26.3. The van der Waals surface area contributed by atoms with Crippen molar-refractivity contribution in [3.8, 4) is 0 Å². The highest BCUT2D eigenvalue weighted by Crippen LogP contribution is 2.25. The largest absolute Gasteiger partial charge is 0.368 e. The smallest absolute Gasteiger partial charge is 0.257 e. The molecule has 6 heteroatoms. The third kappa shape index (κ3) is 4.46. The molecule has 0 unspecified atom stereocenters. The van der Waals surface area contributed by atoms with Gasteiger partial charge in [-0.25, -0.2) is 9.97 Å². The average Bonchev–Trinajstić information content (AvgIpc) is 2.76. The molecule has 0 bridgehead atoms. The van der Waals surface area contributed by atoms with Crippen molar-refractivity contribution in [3.05, 3.63) is 88.0 Å². The summed E-state index contributed by atoms with van der Waals surface area (Å²) in [6.07, 6.45) is 2.34. The minimum Gasteiger partial charge on any atom is -0.368 e. The second-order valence-corrected chi connectivity index (χ2v) is 8.09. The molecule has 0 spiro atoms. The first-order chi connectivity index (χ1) is 14.5. The number of hydrogen-bond acceptors (Lipinski definition) is 4. The van der Waals surface area contributed by atoms with Gasteiger partial charge in [-0.2, -0.15) is 0 Å². The monoisotopic (exact) mass is 420 g/mol. The Morgan fingerprint density at radius 1 is 1.03 bits per heavy atom. The zero-order chi connectivity index (χ0) is 21.1. The van der Waals surface area contributed by atoms with Gasteiger partial charge < -0.3 is 9.80 Å². The van der Waals surface area contributed by atoms with Crippen LogP contribution in [0.2, 0.25) is 5.02 Å². The maximum absolute atomic E-state index is 13.1. The van der Waals surface area contributed by atoms with Crippen LogP contribution < -0.4 is 4.90 Å². The molecule has 0 radical (unpaired) electrons. The Balaban J connectivity index is 1.42. The van der Waals surface area contributed by atoms with E-state index in [2.05, 4.69) is 33.9 Å². The van der Waals surface area contributed by atoms with Crippen molar-refractivity contribution < 1.29 is 4.79 Å². The summed E-state index contributed by atoms with van der Waals surface area (Å²) < 4.78 is 0. The summed E-state index contributed by atoms with van der Waals surface area (Å²) in [5.41, 5.74) is 4.80. The first kappa shape index (κ1) is 20.4. The van der Waals surface area contributed by atoms with E-state index in [1.165, 1.54) is 5.56 Å². The van der Waals surface area contributed by atoms with Crippen molar-refractivity contribution >= 4 is 23.2 Å². The summed E-state index contributed by atoms with van der Waals surface area (Å²) in [7, 11) is 0. The van der Waals surface area contributed by atoms with Crippen molar-refractivity contribution in [2.45, 2.75) is 20.3 Å². The predicted molar refractivity (Wildman–Crippen MR) is 120 cm³/mol. The molecule has 1 amide bonds. The second-order valence-electron chi connectivity index (χ2n) is 7.66. The number of anilines is 1. The Labute approximate surface area is 182 Å². The number of piperazine rings is 1. The number of carbonyl (C=O) groups excluding carboxylic acids is 1. The van der Waals surface area contributed by atoms with Gasteiger partial charge in [0.1, 0.15) is 5.82 Å². The highest BCUT2D eigenvalue weighted by Gasteiger charge is 2.25. The van der Waals surface area contributed by atoms with Crippen LogP contribution in [-0.4, -0.2) is 47.0 Å². The number of nitrogens with zero attached hydrogens (tertiary/aromatic N) is 4. The Morgan fingerprint density at radius 3 is 2.47 bits per heavy atom. The Bertz CT molecular complexity index is 1050. The van der Waals surface area contributed by atoms with Gasteiger partial charge in [-0.05, 0) is 37.1 Å². The molecule has 5 nitrogen and oxygen atoms in total. The molecule has 1 aliphatic rings. The number of aryl methyl sites for hydroxylation is 2. The van der Waals surface area contributed by atoms with E-state index in [1.54, 1.807) is 6.20 Å². The minimum absolute atomic E-state index is 0.00114. The average molecular weight is 421 g/mol. The lowest BCUT2D eigenvalue weighted by Gasteiger charge is -2.37. The first-order valence-electron chi connectivity index (χ1n) is 10.2. The van der Waals surface area contributed by atoms with Crippen LogP contribution in [0.25, 0.3) is 0 Å². The summed E-state index contributed by atoms with van der Waals surface area (Å²) in [5, 5.41) is 0.734. The number of halogens is 1. The van der Waals surface area contributed by atoms with Crippen LogP contribution >= 0.6 is 11.6 Å². The van der Waals surface area contributed by atoms with Crippen LogP contribution in [0.3, 0.4) is 0 Å². The van der Waals surface area contributed by atoms with E-state index in [-0.39, 0.29) is 5.91 Å². The molecule has 0 aliphatic carbocycles. The molecule has 2 heterocycles. The molecule has 1 aromatic heterocycles. The first-order valence-corrected chi connectivity index (χ1v) is 10.6. The summed E-state index contributed by atoms with van der Waals surface area (Å²) in [6.45, 7) is 6.85. The van der Waals surface area contributed by atoms with Gasteiger partial charge >= 0.3 is 0 Å². The van der Waals surface area contributed by atoms with Crippen LogP contribution in [0, 0.1) is 13.8 Å². The van der Waals surface area contributed by atoms with Crippen LogP contribution in [-0.2, 0) is 6.42 Å². The van der Waals surface area contributed by atoms with E-state index >= 15 is 0 Å². The summed E-state index contributed by atoms with van der Waals surface area (Å²) >= 11 is 6.17. The molecule has 0 atom stereocenters. The number of rotatable bonds is 4. The SMILES string of the molecule is Cc1ccc(Cl)cc1N1CCN(C(=O)c2cnc(Cc3ccccc3)nc2C)CC1. The quantitative estimate of drug-likeness (QED) is 0.631. The third-order valence-corrected chi connectivity index (χ3v) is 5.78. The maximum Gasteiger partial charge on any atom is 0.257 e. The van der Waals surface area contributed by atoms with Crippen molar-refractivity contribution in [3.63, 3.8) is 0 Å². The van der Waals surface area contributed by atoms with Gasteiger partial charge in [-0.1, -0.05) is 48.0 Å². The van der Waals surface area contributed by atoms with Gasteiger partial charge in [0.15, 0.2) is 0 Å². The molecule has 1 aliphatic heterocycles. The number of hydrogen-bond donors (Lipinski definition) is 0. The van der Waals surface area contributed by atoms with E-state index < -0.39 is 0 Å². The van der Waals surface area contributed by atoms with E-state index in [4.69, 9.17) is 11.6 Å². The van der Waals surface area contributed by atoms with Crippen LogP contribution in [0.4, 0.5) is 5.69 Å². The van der Waals surface area contributed by atoms with Crippen LogP contribution in [0.1, 0.15) is 33.0 Å². The Hall–Kier alpha value is -2.92. The maximum atomic E-state index is 13.1. The highest BCUT2D eigenvalue weighted by molar-refractivity contribution is 6.30. The highest BCUT2D eigenvalue weighted by atomic mass is 35.5. The van der Waals surface area contributed by atoms with Crippen molar-refractivity contribution in [2.75, 3.05) is 31.1 Å². The molecular weight excluding hydrogens is 396 g/mol. The predicted octanol–water partition coefficient (Wildman–Crippen LogP) is 4.30. The van der Waals surface area contributed by atoms with Crippen LogP contribution in [0.15, 0.2) is 54.7 Å². The van der Waals surface area contributed by atoms with E-state index in [0.717, 1.165) is 40.9 Å². The fraction of sp³-hybridized carbons (Fsp3) is 0.292. The van der Waals surface area contributed by atoms with Gasteiger partial charge in [-0.3, -0.25) is 4.79 Å². The zero-order valence-electron chi connectivity index (χ0n) is 17.3. The lowest BCUT2D eigenvalue weighted by atomic mass is 10.1. The fourth-order valence-electron chi connectivity index (χ4n) is 3.83. The van der Waals surface area contributed by atoms with Crippen molar-refractivity contribution in [2.24, 2.45) is 0 Å². The number of carbonyl (C=O) groups is 1. The van der Waals surface area contributed by atoms with Gasteiger partial charge in [0.25, 0.3) is 5.91 Å². The summed E-state index contributed by atoms with van der Waals surface area (Å²) in [5.74, 6) is 0.734. The molecule has 0 saturated carbocycles. The lowest BCUT2D eigenvalue weighted by molar-refractivity contribution is 0.0745. The van der Waals surface area contributed by atoms with Gasteiger partial charge in [0.05, 0.1) is 11.3 Å². The normalized spacial score (nSPS) is 14.1. The van der Waals surface area contributed by atoms with Crippen molar-refractivity contribution in [1.29, 1.82) is 0 Å². The molecule has 4 rings (SSSR count). The standard InChI is InChI=1S/C24H25ClN4O/c1-17-8-9-20(25)15-22(17)28-10-12-29(13-11-28)24(30)21-16-26-23(27-18(21)2)14-19-6-4-3-5-7-19/h3-9,15-16H,10-14H2,1-2H3. The van der Waals surface area contributed by atoms with Gasteiger partial charge in [0, 0.05) is 49.5 Å². The lowest BCUT2D eigenvalue weighted by Crippen LogP contribution is -2.49. The number of aromatic nitrogens is 2. The molecule has 0 N–H and O–H groups in total. The molecule has 1 fully saturated rings. The molecule has 2 aromatic carbocycles. The number of benzene rings is 2. The van der Waals surface area contributed by atoms with Gasteiger partial charge in [-0.15, -0.1) is 0 Å². The molecule has 3 aromatic rings. The Morgan fingerprint density at radius 2 is 1.77 bits per heavy atom. The second kappa shape index (κ2) is 8.84. The molecule has 154 valence electrons. The van der Waals surface area contributed by atoms with Crippen LogP contribution in [0.5, 0.6) is 0 Å². The van der Waals surface area contributed by atoms with Crippen molar-refractivity contribution in [1.82, 2.24) is 14.9 Å². The Kier molecular flexibility index (Phi) is 6.00. The zero-order valence-corrected chi connectivity index (χ0v) is 18.1.